The van der Waals surface area contributed by atoms with E-state index in [9.17, 15) is 9.59 Å². The molecule has 0 radical (unpaired) electrons. The second kappa shape index (κ2) is 13.1. The number of pyridine rings is 4. The Hall–Kier alpha value is -5.06. The Morgan fingerprint density at radius 3 is 1.34 bits per heavy atom. The van der Waals surface area contributed by atoms with Crippen molar-refractivity contribution in [3.63, 3.8) is 0 Å². The van der Waals surface area contributed by atoms with E-state index in [0.717, 1.165) is 20.9 Å². The zero-order chi connectivity index (χ0) is 30.5. The van der Waals surface area contributed by atoms with Crippen LogP contribution in [0.15, 0.2) is 97.3 Å². The van der Waals surface area contributed by atoms with Gasteiger partial charge in [0.1, 0.15) is 9.75 Å². The van der Waals surface area contributed by atoms with Crippen LogP contribution in [0, 0.1) is 0 Å². The van der Waals surface area contributed by atoms with Crippen LogP contribution in [0.3, 0.4) is 0 Å². The maximum atomic E-state index is 12.4. The van der Waals surface area contributed by atoms with Crippen LogP contribution in [0.1, 0.15) is 33.2 Å². The van der Waals surface area contributed by atoms with Gasteiger partial charge in [-0.3, -0.25) is 9.97 Å². The average molecular weight is 619 g/mol. The van der Waals surface area contributed by atoms with Gasteiger partial charge in [-0.1, -0.05) is 12.1 Å². The van der Waals surface area contributed by atoms with Gasteiger partial charge in [0.2, 0.25) is 0 Å². The standard InChI is InChI=1S/C34H26N4O4S2/c1-3-41-33(39)31-13-11-29(43-31)21-17-25(23-9-5-7-15-35-23)37-27(19-21)28-20-22(18-26(38-28)24-10-6-8-16-36-24)30-12-14-32(44-30)34(40)42-4-2/h5-20H,3-4H2,1-2H3. The highest BCUT2D eigenvalue weighted by Crippen LogP contribution is 2.37. The molecule has 218 valence electrons. The highest BCUT2D eigenvalue weighted by atomic mass is 32.1. The fraction of sp³-hybridized carbons (Fsp3) is 0.118. The lowest BCUT2D eigenvalue weighted by Gasteiger charge is -2.11. The van der Waals surface area contributed by atoms with Gasteiger partial charge in [-0.05, 0) is 97.8 Å². The van der Waals surface area contributed by atoms with Crippen molar-refractivity contribution in [1.82, 2.24) is 19.9 Å². The number of hydrogen-bond donors (Lipinski definition) is 0. The van der Waals surface area contributed by atoms with E-state index in [-0.39, 0.29) is 11.9 Å². The maximum Gasteiger partial charge on any atom is 0.348 e. The summed E-state index contributed by atoms with van der Waals surface area (Å²) in [5.74, 6) is -0.703. The molecule has 6 heterocycles. The molecule has 0 unspecified atom stereocenters. The SMILES string of the molecule is CCOC(=O)c1ccc(-c2cc(-c3ccccn3)nc(-c3cc(-c4ccc(C(=O)OCC)s4)cc(-c4ccccn4)n3)c2)s1. The molecule has 44 heavy (non-hydrogen) atoms. The number of hydrogen-bond acceptors (Lipinski definition) is 10. The fourth-order valence-electron chi connectivity index (χ4n) is 4.51. The quantitative estimate of drug-likeness (QED) is 0.150. The van der Waals surface area contributed by atoms with Gasteiger partial charge in [-0.25, -0.2) is 19.6 Å². The minimum absolute atomic E-state index is 0.307. The molecular formula is C34H26N4O4S2. The predicted molar refractivity (Wildman–Crippen MR) is 172 cm³/mol. The van der Waals surface area contributed by atoms with Crippen molar-refractivity contribution in [2.75, 3.05) is 13.2 Å². The lowest BCUT2D eigenvalue weighted by Crippen LogP contribution is -2.01. The van der Waals surface area contributed by atoms with Crippen LogP contribution in [0.25, 0.3) is 55.0 Å². The number of aromatic nitrogens is 4. The average Bonchev–Trinajstić information content (AvgIpc) is 3.77. The first-order valence-corrected chi connectivity index (χ1v) is 15.6. The summed E-state index contributed by atoms with van der Waals surface area (Å²) >= 11 is 2.71. The van der Waals surface area contributed by atoms with Gasteiger partial charge < -0.3 is 9.47 Å². The number of rotatable bonds is 9. The van der Waals surface area contributed by atoms with E-state index >= 15 is 0 Å². The van der Waals surface area contributed by atoms with E-state index in [4.69, 9.17) is 19.4 Å². The summed E-state index contributed by atoms with van der Waals surface area (Å²) in [6.07, 6.45) is 3.45. The van der Waals surface area contributed by atoms with Crippen LogP contribution < -0.4 is 0 Å². The molecule has 0 amide bonds. The highest BCUT2D eigenvalue weighted by Gasteiger charge is 2.18. The highest BCUT2D eigenvalue weighted by molar-refractivity contribution is 7.17. The molecule has 10 heteroatoms. The molecule has 0 aliphatic rings. The van der Waals surface area contributed by atoms with Gasteiger partial charge in [-0.2, -0.15) is 0 Å². The lowest BCUT2D eigenvalue weighted by molar-refractivity contribution is 0.0522. The zero-order valence-corrected chi connectivity index (χ0v) is 25.5. The van der Waals surface area contributed by atoms with Crippen molar-refractivity contribution < 1.29 is 19.1 Å². The molecule has 0 fully saturated rings. The van der Waals surface area contributed by atoms with Crippen molar-refractivity contribution in [2.45, 2.75) is 13.8 Å². The number of carbonyl (C=O) groups excluding carboxylic acids is 2. The van der Waals surface area contributed by atoms with Crippen molar-refractivity contribution in [2.24, 2.45) is 0 Å². The number of carbonyl (C=O) groups is 2. The summed E-state index contributed by atoms with van der Waals surface area (Å²) in [6.45, 7) is 4.19. The molecule has 0 atom stereocenters. The van der Waals surface area contributed by atoms with Gasteiger partial charge in [0.05, 0.1) is 47.4 Å². The minimum Gasteiger partial charge on any atom is -0.462 e. The third kappa shape index (κ3) is 6.31. The van der Waals surface area contributed by atoms with Crippen molar-refractivity contribution >= 4 is 34.6 Å². The molecule has 6 aromatic heterocycles. The number of ether oxygens (including phenoxy) is 2. The van der Waals surface area contributed by atoms with Crippen LogP contribution in [-0.2, 0) is 9.47 Å². The molecule has 0 aliphatic carbocycles. The van der Waals surface area contributed by atoms with Gasteiger partial charge in [0.25, 0.3) is 0 Å². The molecule has 6 aromatic rings. The summed E-state index contributed by atoms with van der Waals surface area (Å²) in [7, 11) is 0. The van der Waals surface area contributed by atoms with Crippen LogP contribution in [0.4, 0.5) is 0 Å². The molecule has 0 saturated heterocycles. The van der Waals surface area contributed by atoms with E-state index in [1.807, 2.05) is 72.8 Å². The Morgan fingerprint density at radius 2 is 0.977 bits per heavy atom. The molecule has 0 saturated carbocycles. The fourth-order valence-corrected chi connectivity index (χ4v) is 6.28. The third-order valence-corrected chi connectivity index (χ3v) is 8.73. The van der Waals surface area contributed by atoms with E-state index in [1.54, 1.807) is 38.4 Å². The Morgan fingerprint density at radius 1 is 0.568 bits per heavy atom. The van der Waals surface area contributed by atoms with Gasteiger partial charge in [0, 0.05) is 22.1 Å². The zero-order valence-electron chi connectivity index (χ0n) is 23.9. The topological polar surface area (TPSA) is 104 Å². The van der Waals surface area contributed by atoms with Gasteiger partial charge >= 0.3 is 11.9 Å². The van der Waals surface area contributed by atoms with Crippen molar-refractivity contribution in [3.05, 3.63) is 107 Å². The smallest absolute Gasteiger partial charge is 0.348 e. The van der Waals surface area contributed by atoms with Crippen LogP contribution in [0.2, 0.25) is 0 Å². The van der Waals surface area contributed by atoms with E-state index in [1.165, 1.54) is 22.7 Å². The molecule has 0 aromatic carbocycles. The lowest BCUT2D eigenvalue weighted by atomic mass is 10.1. The van der Waals surface area contributed by atoms with Crippen molar-refractivity contribution in [1.29, 1.82) is 0 Å². The Bertz CT molecular complexity index is 1800. The number of thiophene rings is 2. The largest absolute Gasteiger partial charge is 0.462 e. The first-order chi connectivity index (χ1) is 21.5. The molecule has 6 rings (SSSR count). The molecular weight excluding hydrogens is 593 g/mol. The molecule has 0 aliphatic heterocycles. The Balaban J connectivity index is 1.51. The van der Waals surface area contributed by atoms with Crippen LogP contribution >= 0.6 is 22.7 Å². The summed E-state index contributed by atoms with van der Waals surface area (Å²) in [6, 6.07) is 26.5. The van der Waals surface area contributed by atoms with Crippen LogP contribution in [-0.4, -0.2) is 45.1 Å². The van der Waals surface area contributed by atoms with E-state index < -0.39 is 0 Å². The monoisotopic (exact) mass is 618 g/mol. The van der Waals surface area contributed by atoms with Gasteiger partial charge in [-0.15, -0.1) is 22.7 Å². The van der Waals surface area contributed by atoms with E-state index in [0.29, 0.717) is 57.1 Å². The van der Waals surface area contributed by atoms with Crippen LogP contribution in [0.5, 0.6) is 0 Å². The molecule has 8 nitrogen and oxygen atoms in total. The maximum absolute atomic E-state index is 12.4. The number of nitrogens with zero attached hydrogens (tertiary/aromatic N) is 4. The molecule has 0 spiro atoms. The minimum atomic E-state index is -0.351. The normalized spacial score (nSPS) is 10.9. The Labute approximate surface area is 262 Å². The molecule has 0 N–H and O–H groups in total. The first-order valence-electron chi connectivity index (χ1n) is 13.9. The summed E-state index contributed by atoms with van der Waals surface area (Å²) in [5, 5.41) is 0. The Kier molecular flexibility index (Phi) is 8.62. The summed E-state index contributed by atoms with van der Waals surface area (Å²) < 4.78 is 10.4. The third-order valence-electron chi connectivity index (χ3n) is 6.50. The number of esters is 2. The summed E-state index contributed by atoms with van der Waals surface area (Å²) in [5.41, 5.74) is 5.71. The first kappa shape index (κ1) is 29.0. The summed E-state index contributed by atoms with van der Waals surface area (Å²) in [4.78, 5) is 46.7. The van der Waals surface area contributed by atoms with Crippen molar-refractivity contribution in [3.8, 4) is 55.0 Å². The predicted octanol–water partition coefficient (Wildman–Crippen LogP) is 8.08. The van der Waals surface area contributed by atoms with Gasteiger partial charge in [0.15, 0.2) is 0 Å². The second-order valence-corrected chi connectivity index (χ2v) is 11.6. The second-order valence-electron chi connectivity index (χ2n) is 9.45. The molecule has 0 bridgehead atoms. The van der Waals surface area contributed by atoms with E-state index in [2.05, 4.69) is 9.97 Å².